The highest BCUT2D eigenvalue weighted by molar-refractivity contribution is 9.10. The molecule has 0 saturated carbocycles. The van der Waals surface area contributed by atoms with Gasteiger partial charge in [0.1, 0.15) is 11.5 Å². The first-order chi connectivity index (χ1) is 10.0. The van der Waals surface area contributed by atoms with Gasteiger partial charge in [0.25, 0.3) is 5.91 Å². The van der Waals surface area contributed by atoms with E-state index in [2.05, 4.69) is 21.2 Å². The quantitative estimate of drug-likeness (QED) is 0.829. The number of nitrogens with one attached hydrogen (secondary N) is 1. The molecule has 110 valence electrons. The maximum absolute atomic E-state index is 12.3. The molecule has 2 aromatic rings. The van der Waals surface area contributed by atoms with Crippen LogP contribution in [0.2, 0.25) is 0 Å². The molecule has 0 radical (unpaired) electrons. The van der Waals surface area contributed by atoms with Gasteiger partial charge in [0.15, 0.2) is 0 Å². The molecule has 0 heterocycles. The van der Waals surface area contributed by atoms with Crippen molar-refractivity contribution in [2.45, 2.75) is 0 Å². The maximum Gasteiger partial charge on any atom is 0.257 e. The number of ether oxygens (including phenoxy) is 2. The minimum absolute atomic E-state index is 0.309. The molecular formula is C15H15BrN2O3. The molecule has 2 aromatic carbocycles. The van der Waals surface area contributed by atoms with E-state index in [1.54, 1.807) is 43.5 Å². The van der Waals surface area contributed by atoms with Gasteiger partial charge < -0.3 is 20.5 Å². The molecule has 0 aromatic heterocycles. The van der Waals surface area contributed by atoms with Crippen LogP contribution >= 0.6 is 15.9 Å². The third kappa shape index (κ3) is 3.46. The fraction of sp³-hybridized carbons (Fsp3) is 0.133. The van der Waals surface area contributed by atoms with Crippen molar-refractivity contribution in [2.24, 2.45) is 0 Å². The lowest BCUT2D eigenvalue weighted by Crippen LogP contribution is -2.14. The van der Waals surface area contributed by atoms with E-state index in [0.29, 0.717) is 28.4 Å². The highest BCUT2D eigenvalue weighted by Crippen LogP contribution is 2.28. The molecule has 0 aliphatic rings. The van der Waals surface area contributed by atoms with Crippen molar-refractivity contribution >= 4 is 33.2 Å². The van der Waals surface area contributed by atoms with Crippen molar-refractivity contribution in [3.63, 3.8) is 0 Å². The van der Waals surface area contributed by atoms with Gasteiger partial charge in [-0.2, -0.15) is 0 Å². The summed E-state index contributed by atoms with van der Waals surface area (Å²) in [6.07, 6.45) is 0. The number of methoxy groups -OCH3 is 2. The molecule has 0 saturated heterocycles. The van der Waals surface area contributed by atoms with Crippen LogP contribution in [0.4, 0.5) is 11.4 Å². The largest absolute Gasteiger partial charge is 0.497 e. The number of benzene rings is 2. The number of amides is 1. The minimum Gasteiger partial charge on any atom is -0.497 e. The van der Waals surface area contributed by atoms with Crippen LogP contribution in [0.5, 0.6) is 11.5 Å². The summed E-state index contributed by atoms with van der Waals surface area (Å²) in [6.45, 7) is 0. The molecule has 5 nitrogen and oxygen atoms in total. The second-order valence-corrected chi connectivity index (χ2v) is 5.11. The van der Waals surface area contributed by atoms with Crippen molar-refractivity contribution in [3.05, 3.63) is 46.4 Å². The number of carbonyl (C=O) groups is 1. The van der Waals surface area contributed by atoms with E-state index >= 15 is 0 Å². The molecule has 6 heteroatoms. The van der Waals surface area contributed by atoms with Gasteiger partial charge in [0, 0.05) is 17.4 Å². The highest BCUT2D eigenvalue weighted by Gasteiger charge is 2.12. The lowest BCUT2D eigenvalue weighted by atomic mass is 10.1. The van der Waals surface area contributed by atoms with Crippen molar-refractivity contribution in [1.29, 1.82) is 0 Å². The van der Waals surface area contributed by atoms with Gasteiger partial charge in [-0.1, -0.05) is 0 Å². The smallest absolute Gasteiger partial charge is 0.257 e. The van der Waals surface area contributed by atoms with E-state index in [4.69, 9.17) is 15.2 Å². The zero-order chi connectivity index (χ0) is 15.4. The summed E-state index contributed by atoms with van der Waals surface area (Å²) in [5.74, 6) is 0.893. The Morgan fingerprint density at radius 3 is 2.57 bits per heavy atom. The van der Waals surface area contributed by atoms with Crippen LogP contribution in [0, 0.1) is 0 Å². The number of nitrogens with two attached hydrogens (primary N) is 1. The van der Waals surface area contributed by atoms with E-state index < -0.39 is 0 Å². The first-order valence-electron chi connectivity index (χ1n) is 6.13. The van der Waals surface area contributed by atoms with Crippen molar-refractivity contribution in [3.8, 4) is 11.5 Å². The average Bonchev–Trinajstić information content (AvgIpc) is 2.49. The molecule has 0 unspecified atom stereocenters. The van der Waals surface area contributed by atoms with Gasteiger partial charge >= 0.3 is 0 Å². The molecular weight excluding hydrogens is 336 g/mol. The normalized spacial score (nSPS) is 10.0. The predicted molar refractivity (Wildman–Crippen MR) is 86.1 cm³/mol. The lowest BCUT2D eigenvalue weighted by Gasteiger charge is -2.11. The van der Waals surface area contributed by atoms with Crippen molar-refractivity contribution < 1.29 is 14.3 Å². The molecule has 0 aliphatic carbocycles. The second kappa shape index (κ2) is 6.49. The third-order valence-corrected chi connectivity index (χ3v) is 3.57. The Bertz CT molecular complexity index is 674. The van der Waals surface area contributed by atoms with Crippen molar-refractivity contribution in [2.75, 3.05) is 25.3 Å². The van der Waals surface area contributed by atoms with Gasteiger partial charge in [-0.05, 0) is 46.3 Å². The summed E-state index contributed by atoms with van der Waals surface area (Å²) in [6, 6.07) is 10.2. The number of rotatable bonds is 4. The zero-order valence-corrected chi connectivity index (χ0v) is 13.2. The van der Waals surface area contributed by atoms with Gasteiger partial charge in [-0.3, -0.25) is 4.79 Å². The van der Waals surface area contributed by atoms with E-state index in [1.165, 1.54) is 7.11 Å². The number of carbonyl (C=O) groups excluding carboxylic acids is 1. The molecule has 1 amide bonds. The average molecular weight is 351 g/mol. The minimum atomic E-state index is -0.309. The summed E-state index contributed by atoms with van der Waals surface area (Å²) in [4.78, 5) is 12.3. The van der Waals surface area contributed by atoms with Crippen LogP contribution in [0.1, 0.15) is 10.4 Å². The third-order valence-electron chi connectivity index (χ3n) is 2.91. The van der Waals surface area contributed by atoms with E-state index in [-0.39, 0.29) is 5.91 Å². The predicted octanol–water partition coefficient (Wildman–Crippen LogP) is 3.30. The Hall–Kier alpha value is -2.21. The van der Waals surface area contributed by atoms with Crippen LogP contribution in [0.3, 0.4) is 0 Å². The highest BCUT2D eigenvalue weighted by atomic mass is 79.9. The lowest BCUT2D eigenvalue weighted by molar-refractivity contribution is 0.102. The molecule has 0 fully saturated rings. The Morgan fingerprint density at radius 2 is 1.90 bits per heavy atom. The second-order valence-electron chi connectivity index (χ2n) is 4.26. The number of halogens is 1. The Labute approximate surface area is 131 Å². The fourth-order valence-electron chi connectivity index (χ4n) is 1.79. The molecule has 3 N–H and O–H groups in total. The summed E-state index contributed by atoms with van der Waals surface area (Å²) >= 11 is 3.36. The molecule has 0 bridgehead atoms. The van der Waals surface area contributed by atoms with E-state index in [9.17, 15) is 4.79 Å². The standard InChI is InChI=1S/C15H15BrN2O3/c1-20-10-4-6-13(17)11(8-10)15(19)18-9-3-5-12(16)14(7-9)21-2/h3-8H,17H2,1-2H3,(H,18,19). The molecule has 21 heavy (non-hydrogen) atoms. The van der Waals surface area contributed by atoms with Gasteiger partial charge in [0.2, 0.25) is 0 Å². The Morgan fingerprint density at radius 1 is 1.14 bits per heavy atom. The van der Waals surface area contributed by atoms with Gasteiger partial charge in [-0.15, -0.1) is 0 Å². The van der Waals surface area contributed by atoms with Crippen LogP contribution < -0.4 is 20.5 Å². The first kappa shape index (κ1) is 15.2. The number of hydrogen-bond donors (Lipinski definition) is 2. The van der Waals surface area contributed by atoms with Crippen LogP contribution in [-0.2, 0) is 0 Å². The SMILES string of the molecule is COc1ccc(N)c(C(=O)Nc2ccc(Br)c(OC)c2)c1. The zero-order valence-electron chi connectivity index (χ0n) is 11.6. The number of anilines is 2. The summed E-state index contributed by atoms with van der Waals surface area (Å²) in [7, 11) is 3.10. The molecule has 2 rings (SSSR count). The Kier molecular flexibility index (Phi) is 4.70. The maximum atomic E-state index is 12.3. The summed E-state index contributed by atoms with van der Waals surface area (Å²) in [5, 5.41) is 2.78. The Balaban J connectivity index is 2.25. The summed E-state index contributed by atoms with van der Waals surface area (Å²) < 4.78 is 11.1. The molecule has 0 atom stereocenters. The van der Waals surface area contributed by atoms with Crippen molar-refractivity contribution in [1.82, 2.24) is 0 Å². The number of nitrogen functional groups attached to an aromatic ring is 1. The van der Waals surface area contributed by atoms with Crippen LogP contribution in [0.25, 0.3) is 0 Å². The van der Waals surface area contributed by atoms with Crippen LogP contribution in [-0.4, -0.2) is 20.1 Å². The van der Waals surface area contributed by atoms with Crippen LogP contribution in [0.15, 0.2) is 40.9 Å². The first-order valence-corrected chi connectivity index (χ1v) is 6.93. The monoisotopic (exact) mass is 350 g/mol. The fourth-order valence-corrected chi connectivity index (χ4v) is 2.20. The topological polar surface area (TPSA) is 73.6 Å². The van der Waals surface area contributed by atoms with Gasteiger partial charge in [0.05, 0.1) is 24.3 Å². The number of hydrogen-bond acceptors (Lipinski definition) is 4. The summed E-state index contributed by atoms with van der Waals surface area (Å²) in [5.41, 5.74) is 7.19. The molecule has 0 spiro atoms. The van der Waals surface area contributed by atoms with E-state index in [1.807, 2.05) is 0 Å². The van der Waals surface area contributed by atoms with E-state index in [0.717, 1.165) is 4.47 Å². The van der Waals surface area contributed by atoms with Gasteiger partial charge in [-0.25, -0.2) is 0 Å². The molecule has 0 aliphatic heterocycles.